The van der Waals surface area contributed by atoms with Gasteiger partial charge in [0.2, 0.25) is 0 Å². The largest absolute Gasteiger partial charge is 0.494 e. The fourth-order valence-electron chi connectivity index (χ4n) is 2.51. The molecule has 110 valence electrons. The van der Waals surface area contributed by atoms with Crippen molar-refractivity contribution in [1.29, 1.82) is 0 Å². The molecule has 0 saturated heterocycles. The molecule has 1 heterocycles. The van der Waals surface area contributed by atoms with Crippen LogP contribution in [0.15, 0.2) is 18.2 Å². The summed E-state index contributed by atoms with van der Waals surface area (Å²) in [5, 5.41) is 3.36. The van der Waals surface area contributed by atoms with E-state index < -0.39 is 0 Å². The van der Waals surface area contributed by atoms with Crippen LogP contribution < -0.4 is 10.1 Å². The highest BCUT2D eigenvalue weighted by Crippen LogP contribution is 2.25. The SMILES string of the molecule is CCNCCc1nc2cc(OCC)ccc2n1C(C)C. The maximum atomic E-state index is 5.56. The Hall–Kier alpha value is -1.55. The number of nitrogens with one attached hydrogen (secondary N) is 1. The van der Waals surface area contributed by atoms with E-state index in [0.29, 0.717) is 12.6 Å². The maximum Gasteiger partial charge on any atom is 0.121 e. The van der Waals surface area contributed by atoms with Gasteiger partial charge in [0, 0.05) is 25.1 Å². The number of imidazole rings is 1. The average Bonchev–Trinajstić information content (AvgIpc) is 2.77. The van der Waals surface area contributed by atoms with Gasteiger partial charge < -0.3 is 14.6 Å². The van der Waals surface area contributed by atoms with E-state index in [1.54, 1.807) is 0 Å². The van der Waals surface area contributed by atoms with Gasteiger partial charge in [0.1, 0.15) is 11.6 Å². The quantitative estimate of drug-likeness (QED) is 0.789. The van der Waals surface area contributed by atoms with Gasteiger partial charge in [0.05, 0.1) is 17.6 Å². The Morgan fingerprint density at radius 1 is 1.30 bits per heavy atom. The lowest BCUT2D eigenvalue weighted by atomic mass is 10.2. The molecule has 0 bridgehead atoms. The van der Waals surface area contributed by atoms with E-state index in [1.807, 2.05) is 19.1 Å². The van der Waals surface area contributed by atoms with Gasteiger partial charge in [-0.05, 0) is 39.4 Å². The zero-order valence-electron chi connectivity index (χ0n) is 12.9. The van der Waals surface area contributed by atoms with E-state index in [2.05, 4.69) is 36.7 Å². The first-order chi connectivity index (χ1) is 9.67. The minimum Gasteiger partial charge on any atom is -0.494 e. The molecule has 0 radical (unpaired) electrons. The highest BCUT2D eigenvalue weighted by Gasteiger charge is 2.13. The van der Waals surface area contributed by atoms with Gasteiger partial charge in [-0.2, -0.15) is 0 Å². The highest BCUT2D eigenvalue weighted by molar-refractivity contribution is 5.78. The minimum atomic E-state index is 0.412. The Morgan fingerprint density at radius 2 is 2.10 bits per heavy atom. The molecule has 4 heteroatoms. The first-order valence-corrected chi connectivity index (χ1v) is 7.51. The molecule has 0 spiro atoms. The van der Waals surface area contributed by atoms with E-state index in [9.17, 15) is 0 Å². The molecule has 0 atom stereocenters. The van der Waals surface area contributed by atoms with Crippen LogP contribution in [0.25, 0.3) is 11.0 Å². The van der Waals surface area contributed by atoms with Gasteiger partial charge in [0.15, 0.2) is 0 Å². The predicted molar refractivity (Wildman–Crippen MR) is 83.5 cm³/mol. The number of rotatable bonds is 7. The molecule has 0 aliphatic rings. The molecule has 1 N–H and O–H groups in total. The fraction of sp³-hybridized carbons (Fsp3) is 0.562. The first-order valence-electron chi connectivity index (χ1n) is 7.51. The van der Waals surface area contributed by atoms with Crippen LogP contribution in [-0.2, 0) is 6.42 Å². The molecule has 2 aromatic rings. The topological polar surface area (TPSA) is 39.1 Å². The summed E-state index contributed by atoms with van der Waals surface area (Å²) in [6.07, 6.45) is 0.949. The van der Waals surface area contributed by atoms with Gasteiger partial charge in [-0.1, -0.05) is 6.92 Å². The monoisotopic (exact) mass is 275 g/mol. The van der Waals surface area contributed by atoms with Gasteiger partial charge in [-0.15, -0.1) is 0 Å². The lowest BCUT2D eigenvalue weighted by molar-refractivity contribution is 0.340. The number of hydrogen-bond donors (Lipinski definition) is 1. The van der Waals surface area contributed by atoms with Crippen LogP contribution in [0.3, 0.4) is 0 Å². The Kier molecular flexibility index (Phi) is 5.01. The number of aromatic nitrogens is 2. The van der Waals surface area contributed by atoms with Crippen molar-refractivity contribution >= 4 is 11.0 Å². The molecule has 0 unspecified atom stereocenters. The highest BCUT2D eigenvalue weighted by atomic mass is 16.5. The predicted octanol–water partition coefficient (Wildman–Crippen LogP) is 3.17. The number of benzene rings is 1. The minimum absolute atomic E-state index is 0.412. The third-order valence-electron chi connectivity index (χ3n) is 3.34. The van der Waals surface area contributed by atoms with Crippen molar-refractivity contribution in [3.8, 4) is 5.75 Å². The molecule has 1 aromatic carbocycles. The molecule has 1 aromatic heterocycles. The Bertz CT molecular complexity index is 560. The summed E-state index contributed by atoms with van der Waals surface area (Å²) in [6.45, 7) is 11.2. The van der Waals surface area contributed by atoms with E-state index in [0.717, 1.165) is 36.6 Å². The van der Waals surface area contributed by atoms with E-state index in [-0.39, 0.29) is 0 Å². The second kappa shape index (κ2) is 6.75. The summed E-state index contributed by atoms with van der Waals surface area (Å²) < 4.78 is 7.88. The maximum absolute atomic E-state index is 5.56. The molecule has 0 fully saturated rings. The molecular weight excluding hydrogens is 250 g/mol. The normalized spacial score (nSPS) is 11.4. The van der Waals surface area contributed by atoms with Crippen molar-refractivity contribution in [1.82, 2.24) is 14.9 Å². The van der Waals surface area contributed by atoms with Crippen molar-refractivity contribution in [2.45, 2.75) is 40.2 Å². The summed E-state index contributed by atoms with van der Waals surface area (Å²) in [5.74, 6) is 2.04. The third-order valence-corrected chi connectivity index (χ3v) is 3.34. The lowest BCUT2D eigenvalue weighted by Gasteiger charge is -2.13. The number of hydrogen-bond acceptors (Lipinski definition) is 3. The molecule has 0 aliphatic heterocycles. The van der Waals surface area contributed by atoms with Gasteiger partial charge >= 0.3 is 0 Å². The number of ether oxygens (including phenoxy) is 1. The Morgan fingerprint density at radius 3 is 2.75 bits per heavy atom. The molecule has 0 saturated carbocycles. The van der Waals surface area contributed by atoms with Crippen LogP contribution >= 0.6 is 0 Å². The number of fused-ring (bicyclic) bond motifs is 1. The van der Waals surface area contributed by atoms with Crippen molar-refractivity contribution in [3.63, 3.8) is 0 Å². The number of nitrogens with zero attached hydrogens (tertiary/aromatic N) is 2. The van der Waals surface area contributed by atoms with Crippen LogP contribution in [0.2, 0.25) is 0 Å². The Balaban J connectivity index is 2.37. The second-order valence-corrected chi connectivity index (χ2v) is 5.18. The van der Waals surface area contributed by atoms with Crippen LogP contribution in [0, 0.1) is 0 Å². The lowest BCUT2D eigenvalue weighted by Crippen LogP contribution is -2.18. The molecule has 4 nitrogen and oxygen atoms in total. The second-order valence-electron chi connectivity index (χ2n) is 5.18. The van der Waals surface area contributed by atoms with Crippen molar-refractivity contribution in [2.75, 3.05) is 19.7 Å². The summed E-state index contributed by atoms with van der Waals surface area (Å²) >= 11 is 0. The molecule has 2 rings (SSSR count). The van der Waals surface area contributed by atoms with Gasteiger partial charge in [-0.25, -0.2) is 4.98 Å². The fourth-order valence-corrected chi connectivity index (χ4v) is 2.51. The van der Waals surface area contributed by atoms with E-state index >= 15 is 0 Å². The zero-order valence-corrected chi connectivity index (χ0v) is 12.9. The molecule has 0 aliphatic carbocycles. The van der Waals surface area contributed by atoms with Crippen molar-refractivity contribution in [3.05, 3.63) is 24.0 Å². The standard InChI is InChI=1S/C16H25N3O/c1-5-17-10-9-16-18-14-11-13(20-6-2)7-8-15(14)19(16)12(3)4/h7-8,11-12,17H,5-6,9-10H2,1-4H3. The van der Waals surface area contributed by atoms with Crippen LogP contribution in [-0.4, -0.2) is 29.2 Å². The van der Waals surface area contributed by atoms with Crippen LogP contribution in [0.1, 0.15) is 39.6 Å². The van der Waals surface area contributed by atoms with E-state index in [4.69, 9.17) is 9.72 Å². The summed E-state index contributed by atoms with van der Waals surface area (Å²) in [7, 11) is 0. The first kappa shape index (κ1) is 14.9. The van der Waals surface area contributed by atoms with Gasteiger partial charge in [-0.3, -0.25) is 0 Å². The summed E-state index contributed by atoms with van der Waals surface area (Å²) in [6, 6.07) is 6.59. The molecular formula is C16H25N3O. The average molecular weight is 275 g/mol. The van der Waals surface area contributed by atoms with Gasteiger partial charge in [0.25, 0.3) is 0 Å². The zero-order chi connectivity index (χ0) is 14.5. The summed E-state index contributed by atoms with van der Waals surface area (Å²) in [5.41, 5.74) is 2.21. The number of likely N-dealkylation sites (N-methyl/N-ethyl adjacent to an activating group) is 1. The Labute approximate surface area is 121 Å². The van der Waals surface area contributed by atoms with Crippen molar-refractivity contribution < 1.29 is 4.74 Å². The molecule has 0 amide bonds. The van der Waals surface area contributed by atoms with Crippen LogP contribution in [0.4, 0.5) is 0 Å². The summed E-state index contributed by atoms with van der Waals surface area (Å²) in [4.78, 5) is 4.79. The van der Waals surface area contributed by atoms with Crippen molar-refractivity contribution in [2.24, 2.45) is 0 Å². The van der Waals surface area contributed by atoms with Crippen LogP contribution in [0.5, 0.6) is 5.75 Å². The van der Waals surface area contributed by atoms with E-state index in [1.165, 1.54) is 5.52 Å². The smallest absolute Gasteiger partial charge is 0.121 e. The molecule has 20 heavy (non-hydrogen) atoms. The third kappa shape index (κ3) is 3.12.